The third kappa shape index (κ3) is 12.2. The maximum absolute atomic E-state index is 14.0. The number of hydrogen-bond acceptors (Lipinski definition) is 10. The van der Waals surface area contributed by atoms with Crippen molar-refractivity contribution >= 4 is 33.7 Å². The Morgan fingerprint density at radius 3 is 2.04 bits per heavy atom. The number of methoxy groups -OCH3 is 1. The van der Waals surface area contributed by atoms with E-state index in [1.54, 1.807) is 49.4 Å². The number of amides is 3. The van der Waals surface area contributed by atoms with Crippen LogP contribution in [0.4, 0.5) is 4.79 Å². The molecule has 0 bridgehead atoms. The largest absolute Gasteiger partial charge is 0.467 e. The van der Waals surface area contributed by atoms with E-state index in [-0.39, 0.29) is 50.3 Å². The molecule has 7 N–H and O–H groups in total. The fraction of sp³-hybridized carbons (Fsp3) is 0.405. The molecule has 0 unspecified atom stereocenters. The number of sulfone groups is 1. The third-order valence-electron chi connectivity index (χ3n) is 8.31. The van der Waals surface area contributed by atoms with Crippen LogP contribution in [0.5, 0.6) is 0 Å². The van der Waals surface area contributed by atoms with Crippen LogP contribution in [0.1, 0.15) is 55.2 Å². The molecule has 0 heterocycles. The average molecular weight is 724 g/mol. The predicted molar refractivity (Wildman–Crippen MR) is 193 cm³/mol. The van der Waals surface area contributed by atoms with Gasteiger partial charge in [0, 0.05) is 13.0 Å². The Morgan fingerprint density at radius 1 is 0.804 bits per heavy atom. The Hall–Kier alpha value is -4.79. The zero-order valence-corrected chi connectivity index (χ0v) is 30.0. The minimum Gasteiger partial charge on any atom is -0.467 e. The molecule has 0 radical (unpaired) electrons. The van der Waals surface area contributed by atoms with Crippen molar-refractivity contribution in [2.75, 3.05) is 20.2 Å². The van der Waals surface area contributed by atoms with Crippen molar-refractivity contribution in [1.82, 2.24) is 16.0 Å². The summed E-state index contributed by atoms with van der Waals surface area (Å²) >= 11 is 0. The van der Waals surface area contributed by atoms with Crippen molar-refractivity contribution < 1.29 is 37.1 Å². The number of carbonyl (C=O) groups is 4. The zero-order valence-electron chi connectivity index (χ0n) is 29.1. The van der Waals surface area contributed by atoms with Gasteiger partial charge in [-0.1, -0.05) is 78.4 Å². The van der Waals surface area contributed by atoms with Gasteiger partial charge >= 0.3 is 12.1 Å². The number of benzene rings is 3. The summed E-state index contributed by atoms with van der Waals surface area (Å²) in [7, 11) is -3.25. The molecule has 13 nitrogen and oxygen atoms in total. The fourth-order valence-corrected chi connectivity index (χ4v) is 6.90. The number of unbranched alkanes of at least 4 members (excludes halogenated alkanes) is 2. The first-order valence-electron chi connectivity index (χ1n) is 16.9. The van der Waals surface area contributed by atoms with E-state index in [0.717, 1.165) is 11.1 Å². The van der Waals surface area contributed by atoms with Gasteiger partial charge in [0.25, 0.3) is 5.91 Å². The highest BCUT2D eigenvalue weighted by Crippen LogP contribution is 2.28. The van der Waals surface area contributed by atoms with Gasteiger partial charge in [-0.15, -0.1) is 0 Å². The molecular formula is C37H49N5O8S. The fourth-order valence-electron chi connectivity index (χ4n) is 5.27. The monoisotopic (exact) mass is 723 g/mol. The van der Waals surface area contributed by atoms with Gasteiger partial charge in [-0.2, -0.15) is 0 Å². The predicted octanol–water partition coefficient (Wildman–Crippen LogP) is 3.03. The molecule has 0 fully saturated rings. The normalized spacial score (nSPS) is 13.6. The summed E-state index contributed by atoms with van der Waals surface area (Å²) in [6, 6.07) is 21.7. The van der Waals surface area contributed by atoms with Gasteiger partial charge in [-0.3, -0.25) is 9.59 Å². The van der Waals surface area contributed by atoms with E-state index in [0.29, 0.717) is 24.8 Å². The van der Waals surface area contributed by atoms with E-state index in [4.69, 9.17) is 20.9 Å². The standard InChI is InChI=1S/C37H49N5O8S/c1-27-18-20-30(21-19-27)51(47,48)37(39,22-10-11-23-38)35(45)42-32(25-28-13-5-3-6-14-28)33(43)41-31(34(44)49-2)17-9-12-24-40-36(46)50-26-29-15-7-4-8-16-29/h3-8,13-16,18-21,31-32H,9-12,17,22-26,38-39H2,1-2H3,(H,40,46)(H,41,43)(H,42,45)/t31-,32-,37-/m0/s1. The number of aryl methyl sites for hydroxylation is 1. The van der Waals surface area contributed by atoms with Crippen LogP contribution in [0, 0.1) is 6.92 Å². The van der Waals surface area contributed by atoms with Crippen LogP contribution >= 0.6 is 0 Å². The van der Waals surface area contributed by atoms with E-state index < -0.39 is 50.7 Å². The molecule has 0 aromatic heterocycles. The SMILES string of the molecule is COC(=O)[C@H](CCCCNC(=O)OCc1ccccc1)NC(=O)[C@H](Cc1ccccc1)NC(=O)[C@](N)(CCCCN)S(=O)(=O)c1ccc(C)cc1. The summed E-state index contributed by atoms with van der Waals surface area (Å²) < 4.78 is 38.0. The molecule has 0 aliphatic rings. The van der Waals surface area contributed by atoms with Gasteiger partial charge in [0.15, 0.2) is 0 Å². The van der Waals surface area contributed by atoms with Gasteiger partial charge < -0.3 is 36.9 Å². The summed E-state index contributed by atoms with van der Waals surface area (Å²) in [5.41, 5.74) is 14.5. The van der Waals surface area contributed by atoms with E-state index in [1.807, 2.05) is 30.3 Å². The van der Waals surface area contributed by atoms with E-state index >= 15 is 0 Å². The van der Waals surface area contributed by atoms with Gasteiger partial charge in [0.2, 0.25) is 20.6 Å². The molecule has 0 spiro atoms. The lowest BCUT2D eigenvalue weighted by Gasteiger charge is -2.31. The summed E-state index contributed by atoms with van der Waals surface area (Å²) in [5, 5.41) is 7.92. The first-order valence-corrected chi connectivity index (χ1v) is 18.4. The number of alkyl carbamates (subject to hydrolysis) is 1. The molecule has 51 heavy (non-hydrogen) atoms. The third-order valence-corrected chi connectivity index (χ3v) is 10.5. The van der Waals surface area contributed by atoms with Crippen molar-refractivity contribution in [3.63, 3.8) is 0 Å². The first kappa shape index (κ1) is 40.6. The van der Waals surface area contributed by atoms with E-state index in [1.165, 1.54) is 19.2 Å². The maximum atomic E-state index is 14.0. The van der Waals surface area contributed by atoms with Crippen LogP contribution in [0.25, 0.3) is 0 Å². The minimum atomic E-state index is -4.44. The highest BCUT2D eigenvalue weighted by molar-refractivity contribution is 7.93. The molecule has 0 saturated heterocycles. The molecular weight excluding hydrogens is 675 g/mol. The number of nitrogens with one attached hydrogen (secondary N) is 3. The lowest BCUT2D eigenvalue weighted by atomic mass is 10.0. The maximum Gasteiger partial charge on any atom is 0.407 e. The quantitative estimate of drug-likeness (QED) is 0.0850. The molecule has 3 atom stereocenters. The van der Waals surface area contributed by atoms with Crippen LogP contribution in [0.15, 0.2) is 89.8 Å². The molecule has 0 saturated carbocycles. The summed E-state index contributed by atoms with van der Waals surface area (Å²) in [6.07, 6.45) is 0.849. The molecule has 14 heteroatoms. The summed E-state index contributed by atoms with van der Waals surface area (Å²) in [6.45, 7) is 2.46. The Bertz CT molecular complexity index is 1670. The lowest BCUT2D eigenvalue weighted by molar-refractivity contribution is -0.145. The number of ether oxygens (including phenoxy) is 2. The van der Waals surface area contributed by atoms with Crippen LogP contribution in [-0.4, -0.2) is 69.4 Å². The second-order valence-electron chi connectivity index (χ2n) is 12.2. The van der Waals surface area contributed by atoms with Gasteiger partial charge in [-0.25, -0.2) is 18.0 Å². The summed E-state index contributed by atoms with van der Waals surface area (Å²) in [5.74, 6) is -2.50. The Kier molecular flexibility index (Phi) is 16.1. The van der Waals surface area contributed by atoms with Crippen LogP contribution in [0.3, 0.4) is 0 Å². The minimum absolute atomic E-state index is 0.0230. The molecule has 276 valence electrons. The summed E-state index contributed by atoms with van der Waals surface area (Å²) in [4.78, 5) is 50.1. The zero-order chi connectivity index (χ0) is 37.3. The van der Waals surface area contributed by atoms with E-state index in [2.05, 4.69) is 16.0 Å². The van der Waals surface area contributed by atoms with Crippen LogP contribution in [-0.2, 0) is 46.7 Å². The highest BCUT2D eigenvalue weighted by atomic mass is 32.2. The average Bonchev–Trinajstić information content (AvgIpc) is 3.13. The molecule has 0 aliphatic heterocycles. The van der Waals surface area contributed by atoms with Crippen LogP contribution in [0.2, 0.25) is 0 Å². The number of nitrogens with two attached hydrogens (primary N) is 2. The first-order chi connectivity index (χ1) is 24.4. The van der Waals surface area contributed by atoms with Gasteiger partial charge in [0.1, 0.15) is 18.7 Å². The van der Waals surface area contributed by atoms with E-state index in [9.17, 15) is 27.6 Å². The molecule has 3 aromatic carbocycles. The Balaban J connectivity index is 1.73. The molecule has 3 amide bonds. The van der Waals surface area contributed by atoms with Crippen molar-refractivity contribution in [1.29, 1.82) is 0 Å². The number of rotatable bonds is 20. The molecule has 3 aromatic rings. The topological polar surface area (TPSA) is 209 Å². The van der Waals surface area contributed by atoms with Crippen molar-refractivity contribution in [2.45, 2.75) is 80.3 Å². The molecule has 0 aliphatic carbocycles. The second kappa shape index (κ2) is 20.2. The lowest BCUT2D eigenvalue weighted by Crippen LogP contribution is -2.63. The Labute approximate surface area is 299 Å². The molecule has 3 rings (SSSR count). The smallest absolute Gasteiger partial charge is 0.407 e. The van der Waals surface area contributed by atoms with Crippen molar-refractivity contribution in [2.24, 2.45) is 11.5 Å². The van der Waals surface area contributed by atoms with Crippen LogP contribution < -0.4 is 27.4 Å². The van der Waals surface area contributed by atoms with Gasteiger partial charge in [-0.05, 0) is 75.3 Å². The second-order valence-corrected chi connectivity index (χ2v) is 14.4. The highest BCUT2D eigenvalue weighted by Gasteiger charge is 2.48. The Morgan fingerprint density at radius 2 is 1.43 bits per heavy atom. The van der Waals surface area contributed by atoms with Gasteiger partial charge in [0.05, 0.1) is 12.0 Å². The number of hydrogen-bond donors (Lipinski definition) is 5. The van der Waals surface area contributed by atoms with Crippen molar-refractivity contribution in [3.05, 3.63) is 102 Å². The number of carbonyl (C=O) groups excluding carboxylic acids is 4. The number of esters is 1. The van der Waals surface area contributed by atoms with Crippen molar-refractivity contribution in [3.8, 4) is 0 Å².